The second kappa shape index (κ2) is 8.96. The predicted octanol–water partition coefficient (Wildman–Crippen LogP) is 4.76. The van der Waals surface area contributed by atoms with Crippen LogP contribution >= 0.6 is 22.9 Å². The third kappa shape index (κ3) is 4.36. The summed E-state index contributed by atoms with van der Waals surface area (Å²) < 4.78 is 5.47. The van der Waals surface area contributed by atoms with Gasteiger partial charge in [-0.3, -0.25) is 9.79 Å². The van der Waals surface area contributed by atoms with E-state index in [1.807, 2.05) is 35.7 Å². The lowest BCUT2D eigenvalue weighted by Crippen LogP contribution is -2.51. The van der Waals surface area contributed by atoms with Crippen LogP contribution in [-0.4, -0.2) is 46.2 Å². The molecule has 0 aliphatic carbocycles. The number of benzene rings is 2. The Morgan fingerprint density at radius 2 is 1.97 bits per heavy atom. The molecule has 0 bridgehead atoms. The molecule has 5 rings (SSSR count). The minimum absolute atomic E-state index is 0.185. The monoisotopic (exact) mass is 480 g/mol. The summed E-state index contributed by atoms with van der Waals surface area (Å²) in [6.07, 6.45) is 2.10. The molecule has 3 heterocycles. The highest BCUT2D eigenvalue weighted by atomic mass is 35.5. The number of halogens is 1. The van der Waals surface area contributed by atoms with Crippen molar-refractivity contribution in [2.45, 2.75) is 25.0 Å². The van der Waals surface area contributed by atoms with Gasteiger partial charge in [-0.1, -0.05) is 41.9 Å². The maximum atomic E-state index is 13.3. The number of carbonyl (C=O) groups is 2. The highest BCUT2D eigenvalue weighted by Crippen LogP contribution is 2.36. The van der Waals surface area contributed by atoms with Gasteiger partial charge in [0.2, 0.25) is 0 Å². The van der Waals surface area contributed by atoms with E-state index in [1.54, 1.807) is 29.3 Å². The standard InChI is InChI=1S/C24H21ClN4O3S/c25-17-6-7-19-18(14-17)20(21-26-10-13-33-21)28-24(22(30)27-19)8-11-29(12-9-24)23(31)32-15-16-4-2-1-3-5-16/h1-7,10,13-14H,8-9,11-12,15H2,(H,27,30). The number of nitrogens with one attached hydrogen (secondary N) is 1. The summed E-state index contributed by atoms with van der Waals surface area (Å²) in [5.41, 5.74) is 1.97. The number of aliphatic imine (C=N–C) groups is 1. The van der Waals surface area contributed by atoms with Crippen LogP contribution in [0.5, 0.6) is 0 Å². The zero-order valence-corrected chi connectivity index (χ0v) is 19.2. The number of piperidine rings is 1. The maximum Gasteiger partial charge on any atom is 0.410 e. The highest BCUT2D eigenvalue weighted by Gasteiger charge is 2.45. The summed E-state index contributed by atoms with van der Waals surface area (Å²) in [6.45, 7) is 0.948. The number of aromatic nitrogens is 1. The Morgan fingerprint density at radius 3 is 2.70 bits per heavy atom. The van der Waals surface area contributed by atoms with E-state index in [0.29, 0.717) is 42.4 Å². The Morgan fingerprint density at radius 1 is 1.18 bits per heavy atom. The number of rotatable bonds is 3. The molecule has 1 N–H and O–H groups in total. The fourth-order valence-corrected chi connectivity index (χ4v) is 4.91. The fourth-order valence-electron chi connectivity index (χ4n) is 4.10. The number of ether oxygens (including phenoxy) is 1. The molecular formula is C24H21ClN4O3S. The second-order valence-corrected chi connectivity index (χ2v) is 9.33. The van der Waals surface area contributed by atoms with E-state index >= 15 is 0 Å². The molecule has 0 atom stereocenters. The Hall–Kier alpha value is -3.23. The Bertz CT molecular complexity index is 1210. The van der Waals surface area contributed by atoms with Gasteiger partial charge >= 0.3 is 6.09 Å². The number of anilines is 1. The van der Waals surface area contributed by atoms with Crippen molar-refractivity contribution >= 4 is 46.3 Å². The third-order valence-corrected chi connectivity index (χ3v) is 6.94. The van der Waals surface area contributed by atoms with Gasteiger partial charge in [0.25, 0.3) is 5.91 Å². The van der Waals surface area contributed by atoms with Crippen LogP contribution in [-0.2, 0) is 16.1 Å². The number of thiazole rings is 1. The van der Waals surface area contributed by atoms with E-state index in [1.165, 1.54) is 11.3 Å². The van der Waals surface area contributed by atoms with Gasteiger partial charge < -0.3 is 15.0 Å². The van der Waals surface area contributed by atoms with Crippen LogP contribution in [0.1, 0.15) is 29.0 Å². The van der Waals surface area contributed by atoms with Crippen LogP contribution in [0.25, 0.3) is 0 Å². The van der Waals surface area contributed by atoms with Crippen molar-refractivity contribution in [3.8, 4) is 0 Å². The van der Waals surface area contributed by atoms with E-state index in [-0.39, 0.29) is 18.6 Å². The van der Waals surface area contributed by atoms with Crippen molar-refractivity contribution in [1.82, 2.24) is 9.88 Å². The van der Waals surface area contributed by atoms with Gasteiger partial charge in [-0.15, -0.1) is 11.3 Å². The molecule has 33 heavy (non-hydrogen) atoms. The molecule has 2 aromatic carbocycles. The van der Waals surface area contributed by atoms with Crippen molar-refractivity contribution in [1.29, 1.82) is 0 Å². The molecule has 0 saturated carbocycles. The van der Waals surface area contributed by atoms with E-state index in [0.717, 1.165) is 16.1 Å². The van der Waals surface area contributed by atoms with Gasteiger partial charge in [0.05, 0.1) is 5.69 Å². The molecule has 1 spiro atoms. The van der Waals surface area contributed by atoms with Crippen molar-refractivity contribution in [3.05, 3.63) is 81.3 Å². The molecule has 2 aliphatic heterocycles. The van der Waals surface area contributed by atoms with E-state index in [9.17, 15) is 9.59 Å². The van der Waals surface area contributed by atoms with Crippen molar-refractivity contribution in [2.24, 2.45) is 4.99 Å². The predicted molar refractivity (Wildman–Crippen MR) is 128 cm³/mol. The first-order valence-corrected chi connectivity index (χ1v) is 11.9. The average molecular weight is 481 g/mol. The average Bonchev–Trinajstić information content (AvgIpc) is 3.34. The molecule has 168 valence electrons. The summed E-state index contributed by atoms with van der Waals surface area (Å²) in [7, 11) is 0. The van der Waals surface area contributed by atoms with Gasteiger partial charge in [0.15, 0.2) is 0 Å². The molecule has 2 amide bonds. The molecule has 1 fully saturated rings. The van der Waals surface area contributed by atoms with Gasteiger partial charge in [-0.05, 0) is 36.6 Å². The number of carbonyl (C=O) groups excluding carboxylic acids is 2. The minimum Gasteiger partial charge on any atom is -0.445 e. The van der Waals surface area contributed by atoms with Crippen molar-refractivity contribution in [3.63, 3.8) is 0 Å². The normalized spacial score (nSPS) is 17.1. The third-order valence-electron chi connectivity index (χ3n) is 5.92. The number of nitrogens with zero attached hydrogens (tertiary/aromatic N) is 3. The number of fused-ring (bicyclic) bond motifs is 1. The molecule has 1 saturated heterocycles. The zero-order chi connectivity index (χ0) is 22.8. The summed E-state index contributed by atoms with van der Waals surface area (Å²) in [6, 6.07) is 14.9. The molecule has 0 unspecified atom stereocenters. The van der Waals surface area contributed by atoms with Gasteiger partial charge in [0, 0.05) is 35.3 Å². The largest absolute Gasteiger partial charge is 0.445 e. The van der Waals surface area contributed by atoms with Crippen LogP contribution in [0.4, 0.5) is 10.5 Å². The van der Waals surface area contributed by atoms with E-state index in [4.69, 9.17) is 21.3 Å². The summed E-state index contributed by atoms with van der Waals surface area (Å²) in [5.74, 6) is -0.185. The number of amides is 2. The Kier molecular flexibility index (Phi) is 5.86. The smallest absolute Gasteiger partial charge is 0.410 e. The molecular weight excluding hydrogens is 460 g/mol. The van der Waals surface area contributed by atoms with Crippen LogP contribution in [0, 0.1) is 0 Å². The summed E-state index contributed by atoms with van der Waals surface area (Å²) in [5, 5.41) is 6.17. The number of hydrogen-bond donors (Lipinski definition) is 1. The van der Waals surface area contributed by atoms with Crippen LogP contribution in [0.15, 0.2) is 65.1 Å². The van der Waals surface area contributed by atoms with Gasteiger partial charge in [-0.2, -0.15) is 0 Å². The van der Waals surface area contributed by atoms with Crippen LogP contribution < -0.4 is 5.32 Å². The lowest BCUT2D eigenvalue weighted by atomic mass is 9.87. The molecule has 9 heteroatoms. The molecule has 1 aromatic heterocycles. The second-order valence-electron chi connectivity index (χ2n) is 8.00. The maximum absolute atomic E-state index is 13.3. The Labute approximate surface area is 200 Å². The summed E-state index contributed by atoms with van der Waals surface area (Å²) in [4.78, 5) is 37.0. The van der Waals surface area contributed by atoms with Crippen LogP contribution in [0.3, 0.4) is 0 Å². The fraction of sp³-hybridized carbons (Fsp3) is 0.250. The number of likely N-dealkylation sites (tertiary alicyclic amines) is 1. The van der Waals surface area contributed by atoms with Crippen molar-refractivity contribution < 1.29 is 14.3 Å². The van der Waals surface area contributed by atoms with Crippen LogP contribution in [0.2, 0.25) is 5.02 Å². The SMILES string of the molecule is O=C(OCc1ccccc1)N1CCC2(CC1)N=C(c1nccs1)c1cc(Cl)ccc1NC2=O. The van der Waals surface area contributed by atoms with E-state index < -0.39 is 5.54 Å². The Balaban J connectivity index is 1.37. The number of hydrogen-bond acceptors (Lipinski definition) is 6. The first-order valence-electron chi connectivity index (χ1n) is 10.6. The molecule has 3 aromatic rings. The van der Waals surface area contributed by atoms with Crippen molar-refractivity contribution in [2.75, 3.05) is 18.4 Å². The lowest BCUT2D eigenvalue weighted by molar-refractivity contribution is -0.122. The first-order chi connectivity index (χ1) is 16.0. The lowest BCUT2D eigenvalue weighted by Gasteiger charge is -2.37. The molecule has 2 aliphatic rings. The van der Waals surface area contributed by atoms with Gasteiger partial charge in [-0.25, -0.2) is 9.78 Å². The van der Waals surface area contributed by atoms with E-state index in [2.05, 4.69) is 10.3 Å². The quantitative estimate of drug-likeness (QED) is 0.586. The highest BCUT2D eigenvalue weighted by molar-refractivity contribution is 7.12. The zero-order valence-electron chi connectivity index (χ0n) is 17.7. The summed E-state index contributed by atoms with van der Waals surface area (Å²) >= 11 is 7.71. The molecule has 0 radical (unpaired) electrons. The topological polar surface area (TPSA) is 83.9 Å². The van der Waals surface area contributed by atoms with Gasteiger partial charge in [0.1, 0.15) is 22.9 Å². The molecule has 7 nitrogen and oxygen atoms in total. The first kappa shape index (κ1) is 21.6. The minimum atomic E-state index is -0.997.